The van der Waals surface area contributed by atoms with Gasteiger partial charge in [0.05, 0.1) is 19.3 Å². The van der Waals surface area contributed by atoms with Gasteiger partial charge in [-0.05, 0) is 42.8 Å². The van der Waals surface area contributed by atoms with E-state index in [9.17, 15) is 13.6 Å². The lowest BCUT2D eigenvalue weighted by atomic mass is 9.85. The van der Waals surface area contributed by atoms with Crippen molar-refractivity contribution in [2.24, 2.45) is 11.8 Å². The van der Waals surface area contributed by atoms with E-state index in [2.05, 4.69) is 5.32 Å². The van der Waals surface area contributed by atoms with Crippen LogP contribution in [0.1, 0.15) is 17.2 Å². The van der Waals surface area contributed by atoms with Crippen molar-refractivity contribution < 1.29 is 23.0 Å². The van der Waals surface area contributed by atoms with Crippen LogP contribution in [0.4, 0.5) is 19.3 Å². The van der Waals surface area contributed by atoms with Gasteiger partial charge in [0.2, 0.25) is 0 Å². The highest BCUT2D eigenvalue weighted by atomic mass is 19.1. The molecule has 7 heteroatoms. The van der Waals surface area contributed by atoms with Gasteiger partial charge in [0.1, 0.15) is 17.4 Å². The van der Waals surface area contributed by atoms with E-state index in [4.69, 9.17) is 9.47 Å². The maximum absolute atomic E-state index is 13.9. The molecule has 28 heavy (non-hydrogen) atoms. The van der Waals surface area contributed by atoms with Gasteiger partial charge >= 0.3 is 6.03 Å². The molecule has 0 saturated carbocycles. The topological polar surface area (TPSA) is 50.8 Å². The maximum Gasteiger partial charge on any atom is 0.322 e. The van der Waals surface area contributed by atoms with Gasteiger partial charge < -0.3 is 19.7 Å². The van der Waals surface area contributed by atoms with Crippen molar-refractivity contribution in [1.29, 1.82) is 0 Å². The normalized spacial score (nSPS) is 23.0. The summed E-state index contributed by atoms with van der Waals surface area (Å²) in [6.07, 6.45) is 0. The first-order chi connectivity index (χ1) is 13.5. The van der Waals surface area contributed by atoms with Crippen LogP contribution in [0.15, 0.2) is 36.4 Å². The Hall–Kier alpha value is -2.67. The molecule has 4 rings (SSSR count). The van der Waals surface area contributed by atoms with Gasteiger partial charge in [-0.3, -0.25) is 0 Å². The molecule has 1 N–H and O–H groups in total. The van der Waals surface area contributed by atoms with E-state index in [0.29, 0.717) is 42.3 Å². The van der Waals surface area contributed by atoms with Gasteiger partial charge in [-0.2, -0.15) is 0 Å². The van der Waals surface area contributed by atoms with Crippen LogP contribution in [0.2, 0.25) is 0 Å². The smallest absolute Gasteiger partial charge is 0.322 e. The second-order valence-corrected chi connectivity index (χ2v) is 7.36. The van der Waals surface area contributed by atoms with Crippen LogP contribution in [0, 0.1) is 30.4 Å². The lowest BCUT2D eigenvalue weighted by molar-refractivity contribution is 0.100. The number of anilines is 1. The Kier molecular flexibility index (Phi) is 4.93. The molecule has 1 saturated heterocycles. The van der Waals surface area contributed by atoms with Crippen molar-refractivity contribution in [3.05, 3.63) is 59.2 Å². The Morgan fingerprint density at radius 3 is 2.86 bits per heavy atom. The number of urea groups is 1. The summed E-state index contributed by atoms with van der Waals surface area (Å²) >= 11 is 0. The highest BCUT2D eigenvalue weighted by Gasteiger charge is 2.48. The minimum atomic E-state index is -0.382. The van der Waals surface area contributed by atoms with E-state index in [1.54, 1.807) is 37.1 Å². The standard InChI is InChI=1S/C21H22F2N2O3/c1-12-3-5-15(8-18(12)23)24-21(26)25-9-13(10-27-2)17-11-28-19-6-4-14(22)7-16(19)20(17)25/h3-8,13,17,20H,9-11H2,1-2H3,(H,24,26)/t13-,17-,20-/m0/s1. The van der Waals surface area contributed by atoms with Crippen LogP contribution in [-0.4, -0.2) is 37.8 Å². The number of methoxy groups -OCH3 is 1. The summed E-state index contributed by atoms with van der Waals surface area (Å²) in [6.45, 7) is 3.01. The first-order valence-electron chi connectivity index (χ1n) is 9.23. The van der Waals surface area contributed by atoms with E-state index in [1.807, 2.05) is 0 Å². The molecule has 0 unspecified atom stereocenters. The number of amides is 2. The molecule has 148 valence electrons. The number of likely N-dealkylation sites (tertiary alicyclic amines) is 1. The van der Waals surface area contributed by atoms with Gasteiger partial charge in [0.25, 0.3) is 0 Å². The second-order valence-electron chi connectivity index (χ2n) is 7.36. The maximum atomic E-state index is 13.9. The molecular formula is C21H22F2N2O3. The zero-order valence-electron chi connectivity index (χ0n) is 15.7. The number of aryl methyl sites for hydroxylation is 1. The Bertz CT molecular complexity index is 905. The summed E-state index contributed by atoms with van der Waals surface area (Å²) in [5.41, 5.74) is 1.54. The zero-order valence-corrected chi connectivity index (χ0v) is 15.7. The number of benzene rings is 2. The molecule has 0 spiro atoms. The third kappa shape index (κ3) is 3.30. The van der Waals surface area contributed by atoms with Crippen LogP contribution in [0.5, 0.6) is 5.75 Å². The number of nitrogens with zero attached hydrogens (tertiary/aromatic N) is 1. The van der Waals surface area contributed by atoms with Crippen molar-refractivity contribution in [2.75, 3.05) is 32.2 Å². The van der Waals surface area contributed by atoms with E-state index in [1.165, 1.54) is 18.2 Å². The van der Waals surface area contributed by atoms with Crippen molar-refractivity contribution in [3.8, 4) is 5.75 Å². The summed E-state index contributed by atoms with van der Waals surface area (Å²) in [5, 5.41) is 2.76. The van der Waals surface area contributed by atoms with Crippen molar-refractivity contribution in [1.82, 2.24) is 4.90 Å². The lowest BCUT2D eigenvalue weighted by Crippen LogP contribution is -2.38. The number of rotatable bonds is 3. The number of halogens is 2. The van der Waals surface area contributed by atoms with Gasteiger partial charge in [0, 0.05) is 36.7 Å². The lowest BCUT2D eigenvalue weighted by Gasteiger charge is -2.34. The van der Waals surface area contributed by atoms with E-state index < -0.39 is 0 Å². The van der Waals surface area contributed by atoms with Gasteiger partial charge in [0.15, 0.2) is 0 Å². The molecule has 1 fully saturated rings. The van der Waals surface area contributed by atoms with E-state index in [0.717, 1.165) is 0 Å². The molecule has 2 aliphatic heterocycles. The number of hydrogen-bond acceptors (Lipinski definition) is 3. The average Bonchev–Trinajstić information content (AvgIpc) is 3.04. The molecular weight excluding hydrogens is 366 g/mol. The van der Waals surface area contributed by atoms with Crippen LogP contribution >= 0.6 is 0 Å². The molecule has 5 nitrogen and oxygen atoms in total. The molecule has 0 radical (unpaired) electrons. The predicted octanol–water partition coefficient (Wildman–Crippen LogP) is 4.13. The SMILES string of the molecule is COC[C@@H]1CN(C(=O)Nc2ccc(C)c(F)c2)[C@H]2c3cc(F)ccc3OC[C@@H]12. The number of nitrogens with one attached hydrogen (secondary N) is 1. The van der Waals surface area contributed by atoms with Crippen molar-refractivity contribution >= 4 is 11.7 Å². The Morgan fingerprint density at radius 1 is 1.29 bits per heavy atom. The summed E-state index contributed by atoms with van der Waals surface area (Å²) in [5.74, 6) is -0.117. The number of carbonyl (C=O) groups is 1. The van der Waals surface area contributed by atoms with Gasteiger partial charge in [-0.15, -0.1) is 0 Å². The monoisotopic (exact) mass is 388 g/mol. The minimum Gasteiger partial charge on any atom is -0.493 e. The van der Waals surface area contributed by atoms with Crippen LogP contribution in [0.3, 0.4) is 0 Å². The highest BCUT2D eigenvalue weighted by Crippen LogP contribution is 2.47. The fraction of sp³-hybridized carbons (Fsp3) is 0.381. The fourth-order valence-electron chi connectivity index (χ4n) is 4.15. The second kappa shape index (κ2) is 7.39. The Balaban J connectivity index is 1.65. The quantitative estimate of drug-likeness (QED) is 0.860. The first kappa shape index (κ1) is 18.7. The highest BCUT2D eigenvalue weighted by molar-refractivity contribution is 5.90. The molecule has 3 atom stereocenters. The summed E-state index contributed by atoms with van der Waals surface area (Å²) in [6, 6.07) is 8.26. The molecule has 0 bridgehead atoms. The van der Waals surface area contributed by atoms with Gasteiger partial charge in [-0.1, -0.05) is 6.07 Å². The van der Waals surface area contributed by atoms with E-state index >= 15 is 0 Å². The zero-order chi connectivity index (χ0) is 19.8. The number of ether oxygens (including phenoxy) is 2. The first-order valence-corrected chi connectivity index (χ1v) is 9.23. The molecule has 2 aromatic rings. The predicted molar refractivity (Wildman–Crippen MR) is 100 cm³/mol. The largest absolute Gasteiger partial charge is 0.493 e. The summed E-state index contributed by atoms with van der Waals surface area (Å²) in [4.78, 5) is 14.7. The molecule has 2 aromatic carbocycles. The molecule has 2 aliphatic rings. The third-order valence-corrected chi connectivity index (χ3v) is 5.56. The number of fused-ring (bicyclic) bond motifs is 3. The number of carbonyl (C=O) groups excluding carboxylic acids is 1. The minimum absolute atomic E-state index is 0.00486. The average molecular weight is 388 g/mol. The van der Waals surface area contributed by atoms with Crippen LogP contribution in [-0.2, 0) is 4.74 Å². The summed E-state index contributed by atoms with van der Waals surface area (Å²) < 4.78 is 38.9. The molecule has 2 heterocycles. The van der Waals surface area contributed by atoms with Crippen LogP contribution in [0.25, 0.3) is 0 Å². The van der Waals surface area contributed by atoms with Crippen LogP contribution < -0.4 is 10.1 Å². The summed E-state index contributed by atoms with van der Waals surface area (Å²) in [7, 11) is 1.62. The van der Waals surface area contributed by atoms with Crippen molar-refractivity contribution in [2.45, 2.75) is 13.0 Å². The molecule has 2 amide bonds. The van der Waals surface area contributed by atoms with Gasteiger partial charge in [-0.25, -0.2) is 13.6 Å². The molecule has 0 aromatic heterocycles. The van der Waals surface area contributed by atoms with E-state index in [-0.39, 0.29) is 35.5 Å². The Labute approximate surface area is 162 Å². The molecule has 0 aliphatic carbocycles. The van der Waals surface area contributed by atoms with Crippen molar-refractivity contribution in [3.63, 3.8) is 0 Å². The Morgan fingerprint density at radius 2 is 2.11 bits per heavy atom. The number of hydrogen-bond donors (Lipinski definition) is 1. The third-order valence-electron chi connectivity index (χ3n) is 5.56. The fourth-order valence-corrected chi connectivity index (χ4v) is 4.15.